The number of hydrogen-bond acceptors (Lipinski definition) is 6. The van der Waals surface area contributed by atoms with E-state index in [1.165, 1.54) is 5.69 Å². The molecule has 0 saturated carbocycles. The predicted octanol–water partition coefficient (Wildman–Crippen LogP) is 5.21. The second kappa shape index (κ2) is 8.82. The summed E-state index contributed by atoms with van der Waals surface area (Å²) in [4.78, 5) is 26.9. The zero-order valence-electron chi connectivity index (χ0n) is 19.8. The van der Waals surface area contributed by atoms with Crippen LogP contribution in [0.2, 0.25) is 0 Å². The minimum absolute atomic E-state index is 0.400. The number of hydrogen-bond donors (Lipinski definition) is 0. The van der Waals surface area contributed by atoms with Gasteiger partial charge in [-0.05, 0) is 57.2 Å². The van der Waals surface area contributed by atoms with E-state index < -0.39 is 11.7 Å². The average Bonchev–Trinajstić information content (AvgIpc) is 3.23. The van der Waals surface area contributed by atoms with Gasteiger partial charge < -0.3 is 14.5 Å². The van der Waals surface area contributed by atoms with Crippen molar-refractivity contribution >= 4 is 28.4 Å². The monoisotopic (exact) mass is 455 g/mol. The number of piperazine rings is 1. The van der Waals surface area contributed by atoms with Crippen LogP contribution in [0.25, 0.3) is 22.3 Å². The molecule has 1 aliphatic rings. The van der Waals surface area contributed by atoms with Crippen molar-refractivity contribution < 1.29 is 9.53 Å². The molecule has 0 unspecified atom stereocenters. The Hall–Kier alpha value is -3.87. The first kappa shape index (κ1) is 21.9. The third-order valence-electron chi connectivity index (χ3n) is 5.96. The van der Waals surface area contributed by atoms with Crippen molar-refractivity contribution in [3.05, 3.63) is 73.2 Å². The molecule has 5 rings (SSSR count). The maximum Gasteiger partial charge on any atom is 0.419 e. The number of aromatic nitrogens is 3. The van der Waals surface area contributed by atoms with Gasteiger partial charge in [0.25, 0.3) is 0 Å². The van der Waals surface area contributed by atoms with E-state index in [-0.39, 0.29) is 0 Å². The van der Waals surface area contributed by atoms with Crippen molar-refractivity contribution in [3.63, 3.8) is 0 Å². The molecule has 0 N–H and O–H groups in total. The van der Waals surface area contributed by atoms with E-state index in [1.54, 1.807) is 10.8 Å². The third kappa shape index (κ3) is 4.33. The lowest BCUT2D eigenvalue weighted by molar-refractivity contribution is 0.0547. The van der Waals surface area contributed by atoms with Crippen LogP contribution >= 0.6 is 0 Å². The van der Waals surface area contributed by atoms with Crippen LogP contribution in [0.3, 0.4) is 0 Å². The standard InChI is InChI=1S/C27H29N5O2/c1-27(2,3)34-26(33)32-22-8-5-4-7-20(22)19-24(32)25-23(9-6-12-29-25)31-17-15-30(16-18-31)21-10-13-28-14-11-21/h4-14,19H,15-18H2,1-3H3. The van der Waals surface area contributed by atoms with Gasteiger partial charge in [0.2, 0.25) is 0 Å². The highest BCUT2D eigenvalue weighted by molar-refractivity contribution is 5.97. The summed E-state index contributed by atoms with van der Waals surface area (Å²) in [6, 6.07) is 18.0. The maximum absolute atomic E-state index is 13.3. The van der Waals surface area contributed by atoms with Gasteiger partial charge in [-0.15, -0.1) is 0 Å². The number of rotatable bonds is 3. The second-order valence-electron chi connectivity index (χ2n) is 9.45. The molecule has 4 heterocycles. The van der Waals surface area contributed by atoms with Gasteiger partial charge in [-0.1, -0.05) is 18.2 Å². The van der Waals surface area contributed by atoms with E-state index in [1.807, 2.05) is 81.7 Å². The van der Waals surface area contributed by atoms with E-state index in [4.69, 9.17) is 9.72 Å². The molecule has 7 heteroatoms. The molecule has 7 nitrogen and oxygen atoms in total. The Morgan fingerprint density at radius 3 is 2.32 bits per heavy atom. The Morgan fingerprint density at radius 2 is 1.59 bits per heavy atom. The summed E-state index contributed by atoms with van der Waals surface area (Å²) in [5, 5.41) is 0.975. The molecule has 0 spiro atoms. The first-order valence-electron chi connectivity index (χ1n) is 11.6. The molecule has 174 valence electrons. The van der Waals surface area contributed by atoms with Crippen LogP contribution < -0.4 is 9.80 Å². The number of nitrogens with zero attached hydrogens (tertiary/aromatic N) is 5. The highest BCUT2D eigenvalue weighted by atomic mass is 16.6. The number of carbonyl (C=O) groups excluding carboxylic acids is 1. The number of fused-ring (bicyclic) bond motifs is 1. The number of benzene rings is 1. The largest absolute Gasteiger partial charge is 0.443 e. The second-order valence-corrected chi connectivity index (χ2v) is 9.45. The summed E-state index contributed by atoms with van der Waals surface area (Å²) in [5.74, 6) is 0. The summed E-state index contributed by atoms with van der Waals surface area (Å²) < 4.78 is 7.42. The number of carbonyl (C=O) groups is 1. The highest BCUT2D eigenvalue weighted by Gasteiger charge is 2.26. The van der Waals surface area contributed by atoms with E-state index in [2.05, 4.69) is 20.9 Å². The zero-order valence-corrected chi connectivity index (χ0v) is 19.8. The molecule has 0 aliphatic carbocycles. The zero-order chi connectivity index (χ0) is 23.7. The molecule has 0 radical (unpaired) electrons. The van der Waals surface area contributed by atoms with Crippen LogP contribution in [0.4, 0.5) is 16.2 Å². The van der Waals surface area contributed by atoms with Crippen LogP contribution in [0, 0.1) is 0 Å². The summed E-state index contributed by atoms with van der Waals surface area (Å²) >= 11 is 0. The Labute approximate surface area is 199 Å². The first-order valence-corrected chi connectivity index (χ1v) is 11.6. The lowest BCUT2D eigenvalue weighted by Gasteiger charge is -2.37. The Morgan fingerprint density at radius 1 is 0.882 bits per heavy atom. The third-order valence-corrected chi connectivity index (χ3v) is 5.96. The molecular formula is C27H29N5O2. The molecule has 1 aromatic carbocycles. The van der Waals surface area contributed by atoms with Crippen molar-refractivity contribution in [3.8, 4) is 11.4 Å². The topological polar surface area (TPSA) is 63.5 Å². The molecule has 34 heavy (non-hydrogen) atoms. The van der Waals surface area contributed by atoms with Gasteiger partial charge in [0.05, 0.1) is 16.9 Å². The van der Waals surface area contributed by atoms with Crippen molar-refractivity contribution in [1.82, 2.24) is 14.5 Å². The van der Waals surface area contributed by atoms with E-state index in [9.17, 15) is 4.79 Å². The normalized spacial score (nSPS) is 14.4. The number of anilines is 2. The fourth-order valence-corrected chi connectivity index (χ4v) is 4.44. The van der Waals surface area contributed by atoms with Gasteiger partial charge >= 0.3 is 6.09 Å². The molecule has 0 bridgehead atoms. The predicted molar refractivity (Wildman–Crippen MR) is 135 cm³/mol. The molecule has 0 atom stereocenters. The van der Waals surface area contributed by atoms with Crippen molar-refractivity contribution in [2.75, 3.05) is 36.0 Å². The number of ether oxygens (including phenoxy) is 1. The highest BCUT2D eigenvalue weighted by Crippen LogP contribution is 2.34. The molecule has 1 aliphatic heterocycles. The summed E-state index contributed by atoms with van der Waals surface area (Å²) in [6.07, 6.45) is 5.04. The van der Waals surface area contributed by atoms with Gasteiger partial charge in [0, 0.05) is 55.8 Å². The Balaban J connectivity index is 1.51. The smallest absolute Gasteiger partial charge is 0.419 e. The molecule has 4 aromatic rings. The minimum atomic E-state index is -0.601. The van der Waals surface area contributed by atoms with E-state index in [0.29, 0.717) is 0 Å². The fourth-order valence-electron chi connectivity index (χ4n) is 4.44. The van der Waals surface area contributed by atoms with Gasteiger partial charge in [-0.2, -0.15) is 0 Å². The van der Waals surface area contributed by atoms with Gasteiger partial charge in [0.15, 0.2) is 0 Å². The van der Waals surface area contributed by atoms with Gasteiger partial charge in [0.1, 0.15) is 11.3 Å². The molecule has 0 amide bonds. The molecule has 1 fully saturated rings. The molecule has 1 saturated heterocycles. The van der Waals surface area contributed by atoms with E-state index in [0.717, 1.165) is 54.2 Å². The number of pyridine rings is 2. The van der Waals surface area contributed by atoms with Crippen molar-refractivity contribution in [2.24, 2.45) is 0 Å². The lowest BCUT2D eigenvalue weighted by Crippen LogP contribution is -2.46. The molecular weight excluding hydrogens is 426 g/mol. The van der Waals surface area contributed by atoms with Crippen LogP contribution in [0.1, 0.15) is 20.8 Å². The van der Waals surface area contributed by atoms with Crippen molar-refractivity contribution in [1.29, 1.82) is 0 Å². The maximum atomic E-state index is 13.3. The van der Waals surface area contributed by atoms with Crippen LogP contribution in [-0.2, 0) is 4.74 Å². The number of para-hydroxylation sites is 1. The summed E-state index contributed by atoms with van der Waals surface area (Å²) in [6.45, 7) is 9.14. The average molecular weight is 456 g/mol. The summed E-state index contributed by atoms with van der Waals surface area (Å²) in [7, 11) is 0. The van der Waals surface area contributed by atoms with Gasteiger partial charge in [-0.3, -0.25) is 9.97 Å². The Bertz CT molecular complexity index is 1300. The Kier molecular flexibility index (Phi) is 5.69. The fraction of sp³-hybridized carbons (Fsp3) is 0.296. The van der Waals surface area contributed by atoms with Crippen molar-refractivity contribution in [2.45, 2.75) is 26.4 Å². The van der Waals surface area contributed by atoms with Crippen LogP contribution in [0.5, 0.6) is 0 Å². The minimum Gasteiger partial charge on any atom is -0.443 e. The van der Waals surface area contributed by atoms with Crippen LogP contribution in [0.15, 0.2) is 73.2 Å². The summed E-state index contributed by atoms with van der Waals surface area (Å²) in [5.41, 5.74) is 3.93. The van der Waals surface area contributed by atoms with E-state index >= 15 is 0 Å². The SMILES string of the molecule is CC(C)(C)OC(=O)n1c(-c2ncccc2N2CCN(c3ccncc3)CC2)cc2ccccc21. The van der Waals surface area contributed by atoms with Crippen LogP contribution in [-0.4, -0.2) is 52.4 Å². The van der Waals surface area contributed by atoms with Gasteiger partial charge in [-0.25, -0.2) is 9.36 Å². The molecule has 3 aromatic heterocycles. The lowest BCUT2D eigenvalue weighted by atomic mass is 10.1. The first-order chi connectivity index (χ1) is 16.4. The quantitative estimate of drug-likeness (QED) is 0.423.